The fourth-order valence-corrected chi connectivity index (χ4v) is 5.66. The first-order valence-electron chi connectivity index (χ1n) is 10.1. The van der Waals surface area contributed by atoms with Gasteiger partial charge in [-0.15, -0.1) is 12.4 Å². The highest BCUT2D eigenvalue weighted by atomic mass is 35.5. The van der Waals surface area contributed by atoms with E-state index in [4.69, 9.17) is 0 Å². The summed E-state index contributed by atoms with van der Waals surface area (Å²) < 4.78 is 27.8. The van der Waals surface area contributed by atoms with Gasteiger partial charge in [0.1, 0.15) is 0 Å². The first kappa shape index (κ1) is 23.1. The molecule has 2 aliphatic rings. The largest absolute Gasteiger partial charge is 0.326 e. The highest BCUT2D eigenvalue weighted by molar-refractivity contribution is 7.89. The van der Waals surface area contributed by atoms with E-state index in [0.717, 1.165) is 51.6 Å². The molecule has 2 saturated heterocycles. The molecule has 3 rings (SSSR count). The summed E-state index contributed by atoms with van der Waals surface area (Å²) >= 11 is 0. The van der Waals surface area contributed by atoms with Gasteiger partial charge in [-0.2, -0.15) is 4.31 Å². The van der Waals surface area contributed by atoms with Crippen LogP contribution in [0.2, 0.25) is 0 Å². The number of sulfonamides is 1. The van der Waals surface area contributed by atoms with Crippen molar-refractivity contribution in [1.82, 2.24) is 9.62 Å². The Morgan fingerprint density at radius 2 is 1.93 bits per heavy atom. The molecule has 2 fully saturated rings. The molecule has 1 unspecified atom stereocenters. The van der Waals surface area contributed by atoms with Gasteiger partial charge in [-0.1, -0.05) is 18.9 Å². The fraction of sp³-hybridized carbons (Fsp3) is 0.650. The molecular formula is C20H32ClN3O3S. The molecule has 6 nitrogen and oxygen atoms in total. The molecule has 0 spiro atoms. The Kier molecular flexibility index (Phi) is 8.74. The Morgan fingerprint density at radius 3 is 2.57 bits per heavy atom. The van der Waals surface area contributed by atoms with Gasteiger partial charge in [-0.3, -0.25) is 4.79 Å². The molecule has 158 valence electrons. The number of benzene rings is 1. The van der Waals surface area contributed by atoms with E-state index in [1.807, 2.05) is 6.92 Å². The highest BCUT2D eigenvalue weighted by Crippen LogP contribution is 2.26. The Balaban J connectivity index is 0.00000280. The van der Waals surface area contributed by atoms with Crippen molar-refractivity contribution >= 4 is 34.0 Å². The minimum Gasteiger partial charge on any atom is -0.326 e. The van der Waals surface area contributed by atoms with Crippen LogP contribution in [0.5, 0.6) is 0 Å². The van der Waals surface area contributed by atoms with Crippen LogP contribution in [0.3, 0.4) is 0 Å². The average molecular weight is 430 g/mol. The molecule has 2 heterocycles. The number of nitrogens with zero attached hydrogens (tertiary/aromatic N) is 1. The van der Waals surface area contributed by atoms with Gasteiger partial charge in [0.15, 0.2) is 0 Å². The predicted molar refractivity (Wildman–Crippen MR) is 114 cm³/mol. The summed E-state index contributed by atoms with van der Waals surface area (Å²) in [5.74, 6) is 0.511. The molecule has 0 bridgehead atoms. The molecular weight excluding hydrogens is 398 g/mol. The van der Waals surface area contributed by atoms with E-state index in [1.165, 1.54) is 0 Å². The number of hydrogen-bond donors (Lipinski definition) is 2. The van der Waals surface area contributed by atoms with Crippen LogP contribution in [0.1, 0.15) is 50.5 Å². The maximum atomic E-state index is 13.1. The summed E-state index contributed by atoms with van der Waals surface area (Å²) in [7, 11) is -3.53. The van der Waals surface area contributed by atoms with E-state index in [1.54, 1.807) is 22.5 Å². The zero-order valence-corrected chi connectivity index (χ0v) is 18.2. The molecule has 0 aromatic heterocycles. The Hall–Kier alpha value is -1.15. The summed E-state index contributed by atoms with van der Waals surface area (Å²) in [6.45, 7) is 4.98. The van der Waals surface area contributed by atoms with Crippen molar-refractivity contribution in [2.75, 3.05) is 31.5 Å². The molecule has 0 radical (unpaired) electrons. The van der Waals surface area contributed by atoms with Crippen molar-refractivity contribution in [1.29, 1.82) is 0 Å². The second-order valence-electron chi connectivity index (χ2n) is 7.74. The molecule has 0 aliphatic carbocycles. The lowest BCUT2D eigenvalue weighted by Gasteiger charge is -2.21. The Labute approximate surface area is 174 Å². The van der Waals surface area contributed by atoms with Gasteiger partial charge in [-0.25, -0.2) is 8.42 Å². The summed E-state index contributed by atoms with van der Waals surface area (Å²) in [5.41, 5.74) is 1.28. The maximum absolute atomic E-state index is 13.1. The number of nitrogens with one attached hydrogen (secondary N) is 2. The molecule has 1 atom stereocenters. The number of hydrogen-bond acceptors (Lipinski definition) is 4. The third-order valence-electron chi connectivity index (χ3n) is 5.60. The summed E-state index contributed by atoms with van der Waals surface area (Å²) in [5, 5.41) is 6.19. The van der Waals surface area contributed by atoms with E-state index in [9.17, 15) is 13.2 Å². The van der Waals surface area contributed by atoms with Crippen molar-refractivity contribution in [2.24, 2.45) is 5.92 Å². The van der Waals surface area contributed by atoms with E-state index < -0.39 is 10.0 Å². The monoisotopic (exact) mass is 429 g/mol. The number of anilines is 1. The van der Waals surface area contributed by atoms with Crippen LogP contribution >= 0.6 is 12.4 Å². The highest BCUT2D eigenvalue weighted by Gasteiger charge is 2.27. The van der Waals surface area contributed by atoms with Crippen molar-refractivity contribution in [3.05, 3.63) is 23.8 Å². The lowest BCUT2D eigenvalue weighted by molar-refractivity contribution is -0.116. The molecule has 1 aromatic rings. The van der Waals surface area contributed by atoms with Crippen LogP contribution in [0.4, 0.5) is 5.69 Å². The first-order valence-corrected chi connectivity index (χ1v) is 11.5. The molecule has 1 aromatic carbocycles. The lowest BCUT2D eigenvalue weighted by atomic mass is 10.0. The van der Waals surface area contributed by atoms with Gasteiger partial charge < -0.3 is 10.6 Å². The number of rotatable bonds is 6. The Morgan fingerprint density at radius 1 is 1.21 bits per heavy atom. The van der Waals surface area contributed by atoms with Crippen LogP contribution < -0.4 is 10.6 Å². The third-order valence-corrected chi connectivity index (χ3v) is 7.64. The fourth-order valence-electron chi connectivity index (χ4n) is 3.90. The zero-order valence-electron chi connectivity index (χ0n) is 16.6. The average Bonchev–Trinajstić information content (AvgIpc) is 3.01. The van der Waals surface area contributed by atoms with E-state index in [2.05, 4.69) is 10.6 Å². The summed E-state index contributed by atoms with van der Waals surface area (Å²) in [6.07, 6.45) is 6.43. The lowest BCUT2D eigenvalue weighted by Crippen LogP contribution is -2.32. The number of amides is 1. The van der Waals surface area contributed by atoms with E-state index in [0.29, 0.717) is 41.6 Å². The van der Waals surface area contributed by atoms with Crippen LogP contribution in [-0.2, 0) is 14.8 Å². The van der Waals surface area contributed by atoms with Gasteiger partial charge >= 0.3 is 0 Å². The topological polar surface area (TPSA) is 78.5 Å². The Bertz CT molecular complexity index is 756. The number of halogens is 1. The number of carbonyl (C=O) groups excluding carboxylic acids is 1. The number of carbonyl (C=O) groups is 1. The van der Waals surface area contributed by atoms with Crippen molar-refractivity contribution in [3.8, 4) is 0 Å². The maximum Gasteiger partial charge on any atom is 0.243 e. The first-order chi connectivity index (χ1) is 13.0. The second kappa shape index (κ2) is 10.6. The van der Waals surface area contributed by atoms with Crippen LogP contribution in [0.15, 0.2) is 23.1 Å². The predicted octanol–water partition coefficient (Wildman–Crippen LogP) is 3.31. The van der Waals surface area contributed by atoms with Gasteiger partial charge in [-0.05, 0) is 69.3 Å². The molecule has 2 aliphatic heterocycles. The van der Waals surface area contributed by atoms with Crippen LogP contribution in [0, 0.1) is 12.8 Å². The van der Waals surface area contributed by atoms with Gasteiger partial charge in [0, 0.05) is 25.2 Å². The number of aryl methyl sites for hydroxylation is 1. The third kappa shape index (κ3) is 5.92. The minimum absolute atomic E-state index is 0. The molecule has 2 N–H and O–H groups in total. The summed E-state index contributed by atoms with van der Waals surface area (Å²) in [6, 6.07) is 5.18. The normalized spacial score (nSPS) is 21.0. The SMILES string of the molecule is Cc1ccc(NC(=O)CCC2CCNC2)cc1S(=O)(=O)N1CCCCCC1.Cl. The molecule has 8 heteroatoms. The van der Waals surface area contributed by atoms with Crippen molar-refractivity contribution < 1.29 is 13.2 Å². The molecule has 28 heavy (non-hydrogen) atoms. The summed E-state index contributed by atoms with van der Waals surface area (Å²) in [4.78, 5) is 12.6. The van der Waals surface area contributed by atoms with Crippen molar-refractivity contribution in [2.45, 2.75) is 56.8 Å². The second-order valence-corrected chi connectivity index (χ2v) is 9.65. The minimum atomic E-state index is -3.53. The quantitative estimate of drug-likeness (QED) is 0.727. The van der Waals surface area contributed by atoms with E-state index >= 15 is 0 Å². The van der Waals surface area contributed by atoms with Gasteiger partial charge in [0.05, 0.1) is 4.90 Å². The zero-order chi connectivity index (χ0) is 19.3. The molecule has 1 amide bonds. The standard InChI is InChI=1S/C20H31N3O3S.ClH/c1-16-6-8-18(22-20(24)9-7-17-10-11-21-15-17)14-19(16)27(25,26)23-12-4-2-3-5-13-23;/h6,8,14,17,21H,2-5,7,9-13,15H2,1H3,(H,22,24);1H. The smallest absolute Gasteiger partial charge is 0.243 e. The van der Waals surface area contributed by atoms with Gasteiger partial charge in [0.2, 0.25) is 15.9 Å². The van der Waals surface area contributed by atoms with Crippen LogP contribution in [0.25, 0.3) is 0 Å². The van der Waals surface area contributed by atoms with E-state index in [-0.39, 0.29) is 18.3 Å². The molecule has 0 saturated carbocycles. The van der Waals surface area contributed by atoms with Crippen molar-refractivity contribution in [3.63, 3.8) is 0 Å². The van der Waals surface area contributed by atoms with Gasteiger partial charge in [0.25, 0.3) is 0 Å². The van der Waals surface area contributed by atoms with Crippen LogP contribution in [-0.4, -0.2) is 44.8 Å².